The normalized spacial score (nSPS) is 14.9. The number of hydrogen-bond acceptors (Lipinski definition) is 5. The van der Waals surface area contributed by atoms with E-state index in [0.29, 0.717) is 17.0 Å². The van der Waals surface area contributed by atoms with Gasteiger partial charge < -0.3 is 10.1 Å². The van der Waals surface area contributed by atoms with Gasteiger partial charge >= 0.3 is 0 Å². The van der Waals surface area contributed by atoms with Crippen molar-refractivity contribution in [3.05, 3.63) is 77.3 Å². The number of amides is 3. The molecule has 0 saturated carbocycles. The summed E-state index contributed by atoms with van der Waals surface area (Å²) in [7, 11) is 0. The predicted octanol–water partition coefficient (Wildman–Crippen LogP) is 3.17. The third kappa shape index (κ3) is 5.56. The van der Waals surface area contributed by atoms with Crippen LogP contribution in [-0.2, 0) is 14.4 Å². The zero-order valence-electron chi connectivity index (χ0n) is 16.3. The molecule has 1 aliphatic rings. The lowest BCUT2D eigenvalue weighted by molar-refractivity contribution is -0.128. The maximum atomic E-state index is 12.6. The van der Waals surface area contributed by atoms with Crippen LogP contribution in [-0.4, -0.2) is 40.9 Å². The van der Waals surface area contributed by atoms with E-state index < -0.39 is 11.8 Å². The van der Waals surface area contributed by atoms with E-state index in [1.165, 1.54) is 23.1 Å². The van der Waals surface area contributed by atoms with Gasteiger partial charge in [-0.1, -0.05) is 41.9 Å². The number of benzene rings is 2. The monoisotopic (exact) mass is 455 g/mol. The number of carbonyl (C=O) groups is 3. The fraction of sp³-hybridized carbons (Fsp3) is 0.0909. The number of nitrogens with zero attached hydrogens (tertiary/aromatic N) is 1. The standard InChI is InChI=1S/C22H18ClN3O4S/c1-2-10-26-21(29)16(20(28)25-22(26)31)11-14-8-9-18(17(23)12-14)30-13-19(27)24-15-6-4-3-5-7-15/h2-9,11-12H,1,10,13H2,(H,24,27)(H,25,28,31)/b16-11+. The van der Waals surface area contributed by atoms with Gasteiger partial charge in [0.25, 0.3) is 17.7 Å². The number of thiocarbonyl (C=S) groups is 1. The van der Waals surface area contributed by atoms with E-state index >= 15 is 0 Å². The van der Waals surface area contributed by atoms with E-state index in [1.807, 2.05) is 18.2 Å². The van der Waals surface area contributed by atoms with Crippen LogP contribution in [0.4, 0.5) is 5.69 Å². The third-order valence-corrected chi connectivity index (χ3v) is 4.80. The lowest BCUT2D eigenvalue weighted by Gasteiger charge is -2.27. The lowest BCUT2D eigenvalue weighted by atomic mass is 10.1. The summed E-state index contributed by atoms with van der Waals surface area (Å²) in [6.45, 7) is 3.52. The van der Waals surface area contributed by atoms with Gasteiger partial charge in [0.15, 0.2) is 11.7 Å². The Kier molecular flexibility index (Phi) is 7.17. The molecule has 2 aromatic carbocycles. The van der Waals surface area contributed by atoms with Crippen molar-refractivity contribution >= 4 is 58.4 Å². The molecule has 7 nitrogen and oxygen atoms in total. The molecule has 9 heteroatoms. The van der Waals surface area contributed by atoms with Crippen molar-refractivity contribution < 1.29 is 19.1 Å². The molecule has 0 unspecified atom stereocenters. The van der Waals surface area contributed by atoms with Crippen molar-refractivity contribution in [3.63, 3.8) is 0 Å². The molecule has 0 bridgehead atoms. The average molecular weight is 456 g/mol. The second-order valence-corrected chi connectivity index (χ2v) is 7.21. The van der Waals surface area contributed by atoms with Crippen molar-refractivity contribution in [2.24, 2.45) is 0 Å². The fourth-order valence-electron chi connectivity index (χ4n) is 2.74. The van der Waals surface area contributed by atoms with Crippen LogP contribution in [0.3, 0.4) is 0 Å². The first-order chi connectivity index (χ1) is 14.9. The first-order valence-corrected chi connectivity index (χ1v) is 9.94. The Morgan fingerprint density at radius 2 is 1.97 bits per heavy atom. The number of para-hydroxylation sites is 1. The molecule has 3 amide bonds. The largest absolute Gasteiger partial charge is 0.482 e. The summed E-state index contributed by atoms with van der Waals surface area (Å²) in [5.74, 6) is -1.16. The highest BCUT2D eigenvalue weighted by Crippen LogP contribution is 2.27. The van der Waals surface area contributed by atoms with E-state index in [-0.39, 0.29) is 34.8 Å². The number of anilines is 1. The third-order valence-electron chi connectivity index (χ3n) is 4.18. The van der Waals surface area contributed by atoms with Gasteiger partial charge in [-0.25, -0.2) is 0 Å². The van der Waals surface area contributed by atoms with Crippen LogP contribution >= 0.6 is 23.8 Å². The van der Waals surface area contributed by atoms with Crippen molar-refractivity contribution in [2.75, 3.05) is 18.5 Å². The minimum absolute atomic E-state index is 0.0302. The SMILES string of the molecule is C=CCN1C(=O)/C(=C/c2ccc(OCC(=O)Nc3ccccc3)c(Cl)c2)C(=O)NC1=S. The highest BCUT2D eigenvalue weighted by molar-refractivity contribution is 7.80. The number of halogens is 1. The lowest BCUT2D eigenvalue weighted by Crippen LogP contribution is -2.53. The summed E-state index contributed by atoms with van der Waals surface area (Å²) in [5.41, 5.74) is 1.09. The summed E-state index contributed by atoms with van der Waals surface area (Å²) < 4.78 is 5.47. The minimum atomic E-state index is -0.593. The Morgan fingerprint density at radius 1 is 1.23 bits per heavy atom. The highest BCUT2D eigenvalue weighted by atomic mass is 35.5. The molecular weight excluding hydrogens is 438 g/mol. The molecule has 0 aromatic heterocycles. The number of ether oxygens (including phenoxy) is 1. The average Bonchev–Trinajstić information content (AvgIpc) is 2.74. The quantitative estimate of drug-likeness (QED) is 0.290. The zero-order chi connectivity index (χ0) is 22.4. The van der Waals surface area contributed by atoms with E-state index in [0.717, 1.165) is 0 Å². The molecular formula is C22H18ClN3O4S. The summed E-state index contributed by atoms with van der Waals surface area (Å²) >= 11 is 11.3. The van der Waals surface area contributed by atoms with Crippen LogP contribution in [0.15, 0.2) is 66.8 Å². The van der Waals surface area contributed by atoms with E-state index in [2.05, 4.69) is 17.2 Å². The molecule has 2 aromatic rings. The molecule has 3 rings (SSSR count). The summed E-state index contributed by atoms with van der Waals surface area (Å²) in [6.07, 6.45) is 2.92. The van der Waals surface area contributed by atoms with Crippen LogP contribution in [0.2, 0.25) is 5.02 Å². The number of hydrogen-bond donors (Lipinski definition) is 2. The molecule has 0 aliphatic carbocycles. The van der Waals surface area contributed by atoms with Crippen LogP contribution in [0.5, 0.6) is 5.75 Å². The molecule has 0 atom stereocenters. The van der Waals surface area contributed by atoms with Gasteiger partial charge in [0.2, 0.25) is 0 Å². The molecule has 1 heterocycles. The predicted molar refractivity (Wildman–Crippen MR) is 123 cm³/mol. The molecule has 31 heavy (non-hydrogen) atoms. The van der Waals surface area contributed by atoms with E-state index in [9.17, 15) is 14.4 Å². The maximum Gasteiger partial charge on any atom is 0.265 e. The topological polar surface area (TPSA) is 87.7 Å². The van der Waals surface area contributed by atoms with Gasteiger partial charge in [0, 0.05) is 12.2 Å². The van der Waals surface area contributed by atoms with Crippen molar-refractivity contribution in [3.8, 4) is 5.75 Å². The van der Waals surface area contributed by atoms with E-state index in [4.69, 9.17) is 28.6 Å². The maximum absolute atomic E-state index is 12.6. The number of rotatable bonds is 7. The Labute approximate surface area is 189 Å². The summed E-state index contributed by atoms with van der Waals surface area (Å²) in [4.78, 5) is 38.0. The van der Waals surface area contributed by atoms with E-state index in [1.54, 1.807) is 24.3 Å². The second-order valence-electron chi connectivity index (χ2n) is 6.41. The van der Waals surface area contributed by atoms with Gasteiger partial charge in [-0.3, -0.25) is 24.6 Å². The first kappa shape index (κ1) is 22.2. The van der Waals surface area contributed by atoms with Crippen LogP contribution in [0, 0.1) is 0 Å². The summed E-state index contributed by atoms with van der Waals surface area (Å²) in [5, 5.41) is 5.43. The van der Waals surface area contributed by atoms with Crippen LogP contribution < -0.4 is 15.4 Å². The Hall–Kier alpha value is -3.49. The summed E-state index contributed by atoms with van der Waals surface area (Å²) in [6, 6.07) is 13.7. The zero-order valence-corrected chi connectivity index (χ0v) is 17.8. The smallest absolute Gasteiger partial charge is 0.265 e. The van der Waals surface area contributed by atoms with Gasteiger partial charge in [0.1, 0.15) is 11.3 Å². The van der Waals surface area contributed by atoms with Crippen LogP contribution in [0.25, 0.3) is 6.08 Å². The van der Waals surface area contributed by atoms with Crippen molar-refractivity contribution in [2.45, 2.75) is 0 Å². The van der Waals surface area contributed by atoms with Crippen LogP contribution in [0.1, 0.15) is 5.56 Å². The fourth-order valence-corrected chi connectivity index (χ4v) is 3.24. The molecule has 1 saturated heterocycles. The molecule has 158 valence electrons. The highest BCUT2D eigenvalue weighted by Gasteiger charge is 2.32. The molecule has 2 N–H and O–H groups in total. The second kappa shape index (κ2) is 10.0. The molecule has 1 fully saturated rings. The van der Waals surface area contributed by atoms with Crippen molar-refractivity contribution in [1.82, 2.24) is 10.2 Å². The van der Waals surface area contributed by atoms with Crippen molar-refractivity contribution in [1.29, 1.82) is 0 Å². The van der Waals surface area contributed by atoms with Gasteiger partial charge in [-0.2, -0.15) is 0 Å². The Bertz CT molecular complexity index is 1090. The van der Waals surface area contributed by atoms with Gasteiger partial charge in [-0.05, 0) is 48.1 Å². The first-order valence-electron chi connectivity index (χ1n) is 9.16. The Balaban J connectivity index is 1.69. The van der Waals surface area contributed by atoms with Gasteiger partial charge in [0.05, 0.1) is 5.02 Å². The number of nitrogens with one attached hydrogen (secondary N) is 2. The Morgan fingerprint density at radius 3 is 2.65 bits per heavy atom. The minimum Gasteiger partial charge on any atom is -0.482 e. The number of carbonyl (C=O) groups excluding carboxylic acids is 3. The molecule has 0 spiro atoms. The molecule has 1 aliphatic heterocycles. The molecule has 0 radical (unpaired) electrons. The van der Waals surface area contributed by atoms with Gasteiger partial charge in [-0.15, -0.1) is 6.58 Å².